The standard InChI is InChI=1S/C12H23N3/c1-12(2,3)9-11(10-13)15-7-4-5-14-6-8-15/h11,14H,4-9H2,1-3H3. The number of nitriles is 1. The van der Waals surface area contributed by atoms with Gasteiger partial charge in [0.1, 0.15) is 0 Å². The summed E-state index contributed by atoms with van der Waals surface area (Å²) in [6.07, 6.45) is 2.12. The van der Waals surface area contributed by atoms with Crippen molar-refractivity contribution in [2.45, 2.75) is 39.7 Å². The van der Waals surface area contributed by atoms with E-state index in [1.54, 1.807) is 0 Å². The highest BCUT2D eigenvalue weighted by Gasteiger charge is 2.24. The fourth-order valence-electron chi connectivity index (χ4n) is 2.01. The summed E-state index contributed by atoms with van der Waals surface area (Å²) in [4.78, 5) is 2.32. The van der Waals surface area contributed by atoms with Crippen LogP contribution in [-0.2, 0) is 0 Å². The second-order valence-electron chi connectivity index (χ2n) is 5.55. The van der Waals surface area contributed by atoms with Gasteiger partial charge in [-0.05, 0) is 24.8 Å². The molecule has 0 aromatic heterocycles. The Labute approximate surface area is 93.5 Å². The van der Waals surface area contributed by atoms with Crippen LogP contribution in [0.2, 0.25) is 0 Å². The van der Waals surface area contributed by atoms with Crippen LogP contribution in [0, 0.1) is 16.7 Å². The minimum atomic E-state index is 0.0879. The lowest BCUT2D eigenvalue weighted by Gasteiger charge is -2.30. The fourth-order valence-corrected chi connectivity index (χ4v) is 2.01. The number of hydrogen-bond donors (Lipinski definition) is 1. The Morgan fingerprint density at radius 1 is 1.33 bits per heavy atom. The van der Waals surface area contributed by atoms with Crippen molar-refractivity contribution in [3.8, 4) is 6.07 Å². The number of rotatable bonds is 2. The molecule has 0 radical (unpaired) electrons. The molecule has 0 amide bonds. The maximum absolute atomic E-state index is 9.22. The first-order chi connectivity index (χ1) is 7.03. The van der Waals surface area contributed by atoms with Crippen molar-refractivity contribution in [1.82, 2.24) is 10.2 Å². The molecule has 0 spiro atoms. The molecule has 1 heterocycles. The van der Waals surface area contributed by atoms with Gasteiger partial charge in [0, 0.05) is 19.6 Å². The number of nitrogens with one attached hydrogen (secondary N) is 1. The summed E-state index contributed by atoms with van der Waals surface area (Å²) in [5.74, 6) is 0. The Balaban J connectivity index is 2.53. The number of nitrogens with zero attached hydrogens (tertiary/aromatic N) is 2. The van der Waals surface area contributed by atoms with E-state index in [-0.39, 0.29) is 11.5 Å². The minimum Gasteiger partial charge on any atom is -0.315 e. The summed E-state index contributed by atoms with van der Waals surface area (Å²) in [6.45, 7) is 10.8. The third-order valence-electron chi connectivity index (χ3n) is 2.77. The smallest absolute Gasteiger partial charge is 0.0983 e. The molecule has 1 saturated heterocycles. The Morgan fingerprint density at radius 3 is 2.67 bits per heavy atom. The first-order valence-electron chi connectivity index (χ1n) is 5.87. The van der Waals surface area contributed by atoms with E-state index >= 15 is 0 Å². The molecule has 0 aliphatic carbocycles. The summed E-state index contributed by atoms with van der Waals surface area (Å²) in [6, 6.07) is 2.54. The molecule has 15 heavy (non-hydrogen) atoms. The Bertz CT molecular complexity index is 216. The van der Waals surface area contributed by atoms with Gasteiger partial charge in [-0.2, -0.15) is 5.26 Å². The zero-order valence-electron chi connectivity index (χ0n) is 10.2. The molecule has 0 saturated carbocycles. The van der Waals surface area contributed by atoms with Gasteiger partial charge in [-0.25, -0.2) is 0 Å². The van der Waals surface area contributed by atoms with Crippen molar-refractivity contribution in [3.05, 3.63) is 0 Å². The molecule has 3 nitrogen and oxygen atoms in total. The first kappa shape index (κ1) is 12.5. The van der Waals surface area contributed by atoms with Gasteiger partial charge in [0.2, 0.25) is 0 Å². The molecule has 0 aromatic rings. The highest BCUT2D eigenvalue weighted by atomic mass is 15.2. The lowest BCUT2D eigenvalue weighted by molar-refractivity contribution is 0.194. The summed E-state index contributed by atoms with van der Waals surface area (Å²) in [5.41, 5.74) is 0.236. The van der Waals surface area contributed by atoms with E-state index in [0.717, 1.165) is 39.0 Å². The zero-order chi connectivity index (χ0) is 11.3. The van der Waals surface area contributed by atoms with Crippen molar-refractivity contribution >= 4 is 0 Å². The molecule has 0 bridgehead atoms. The molecule has 0 aromatic carbocycles. The highest BCUT2D eigenvalue weighted by Crippen LogP contribution is 2.23. The van der Waals surface area contributed by atoms with E-state index in [1.165, 1.54) is 0 Å². The minimum absolute atomic E-state index is 0.0879. The normalized spacial score (nSPS) is 21.7. The summed E-state index contributed by atoms with van der Waals surface area (Å²) in [5, 5.41) is 12.6. The van der Waals surface area contributed by atoms with Crippen LogP contribution in [0.15, 0.2) is 0 Å². The summed E-state index contributed by atoms with van der Waals surface area (Å²) in [7, 11) is 0. The third kappa shape index (κ3) is 4.63. The quantitative estimate of drug-likeness (QED) is 0.751. The van der Waals surface area contributed by atoms with Crippen molar-refractivity contribution < 1.29 is 0 Å². The number of hydrogen-bond acceptors (Lipinski definition) is 3. The SMILES string of the molecule is CC(C)(C)CC(C#N)N1CCCNCC1. The lowest BCUT2D eigenvalue weighted by Crippen LogP contribution is -2.39. The molecule has 1 aliphatic rings. The molecular weight excluding hydrogens is 186 g/mol. The van der Waals surface area contributed by atoms with Crippen molar-refractivity contribution in [2.24, 2.45) is 5.41 Å². The monoisotopic (exact) mass is 209 g/mol. The van der Waals surface area contributed by atoms with Crippen LogP contribution < -0.4 is 5.32 Å². The third-order valence-corrected chi connectivity index (χ3v) is 2.77. The highest BCUT2D eigenvalue weighted by molar-refractivity contribution is 4.95. The largest absolute Gasteiger partial charge is 0.315 e. The van der Waals surface area contributed by atoms with Crippen LogP contribution in [0.25, 0.3) is 0 Å². The van der Waals surface area contributed by atoms with Gasteiger partial charge < -0.3 is 5.32 Å². The average molecular weight is 209 g/mol. The van der Waals surface area contributed by atoms with E-state index in [1.807, 2.05) is 0 Å². The summed E-state index contributed by atoms with van der Waals surface area (Å²) >= 11 is 0. The molecule has 1 fully saturated rings. The maximum atomic E-state index is 9.22. The van der Waals surface area contributed by atoms with Crippen LogP contribution in [0.5, 0.6) is 0 Å². The Hall–Kier alpha value is -0.590. The molecule has 86 valence electrons. The molecule has 1 unspecified atom stereocenters. The lowest BCUT2D eigenvalue weighted by atomic mass is 9.88. The van der Waals surface area contributed by atoms with E-state index < -0.39 is 0 Å². The Kier molecular flexibility index (Phi) is 4.56. The van der Waals surface area contributed by atoms with E-state index in [9.17, 15) is 5.26 Å². The molecular formula is C12H23N3. The van der Waals surface area contributed by atoms with E-state index in [4.69, 9.17) is 0 Å². The predicted molar refractivity (Wildman–Crippen MR) is 62.5 cm³/mol. The molecule has 1 aliphatic heterocycles. The van der Waals surface area contributed by atoms with Crippen LogP contribution in [-0.4, -0.2) is 37.1 Å². The van der Waals surface area contributed by atoms with Crippen molar-refractivity contribution in [1.29, 1.82) is 5.26 Å². The fraction of sp³-hybridized carbons (Fsp3) is 0.917. The molecule has 1 rings (SSSR count). The van der Waals surface area contributed by atoms with Crippen LogP contribution in [0.3, 0.4) is 0 Å². The van der Waals surface area contributed by atoms with E-state index in [0.29, 0.717) is 0 Å². The van der Waals surface area contributed by atoms with Crippen LogP contribution in [0.1, 0.15) is 33.6 Å². The molecule has 1 atom stereocenters. The summed E-state index contributed by atoms with van der Waals surface area (Å²) < 4.78 is 0. The Morgan fingerprint density at radius 2 is 2.07 bits per heavy atom. The predicted octanol–water partition coefficient (Wildman–Crippen LogP) is 1.61. The van der Waals surface area contributed by atoms with Gasteiger partial charge >= 0.3 is 0 Å². The average Bonchev–Trinajstić information content (AvgIpc) is 2.40. The maximum Gasteiger partial charge on any atom is 0.0983 e. The second-order valence-corrected chi connectivity index (χ2v) is 5.55. The van der Waals surface area contributed by atoms with Crippen molar-refractivity contribution in [2.75, 3.05) is 26.2 Å². The second kappa shape index (κ2) is 5.48. The van der Waals surface area contributed by atoms with Gasteiger partial charge in [0.15, 0.2) is 0 Å². The van der Waals surface area contributed by atoms with Gasteiger partial charge in [-0.3, -0.25) is 4.90 Å². The van der Waals surface area contributed by atoms with Crippen molar-refractivity contribution in [3.63, 3.8) is 0 Å². The van der Waals surface area contributed by atoms with Gasteiger partial charge in [-0.15, -0.1) is 0 Å². The zero-order valence-corrected chi connectivity index (χ0v) is 10.2. The van der Waals surface area contributed by atoms with E-state index in [2.05, 4.69) is 37.1 Å². The van der Waals surface area contributed by atoms with Crippen LogP contribution in [0.4, 0.5) is 0 Å². The van der Waals surface area contributed by atoms with Gasteiger partial charge in [0.05, 0.1) is 12.1 Å². The topological polar surface area (TPSA) is 39.1 Å². The molecule has 1 N–H and O–H groups in total. The molecule has 3 heteroatoms. The van der Waals surface area contributed by atoms with Gasteiger partial charge in [0.25, 0.3) is 0 Å². The van der Waals surface area contributed by atoms with Gasteiger partial charge in [-0.1, -0.05) is 20.8 Å². The van der Waals surface area contributed by atoms with Crippen LogP contribution >= 0.6 is 0 Å². The first-order valence-corrected chi connectivity index (χ1v) is 5.87.